The second-order valence-corrected chi connectivity index (χ2v) is 6.53. The molecule has 1 aliphatic heterocycles. The first kappa shape index (κ1) is 18.2. The number of nitrogens with zero attached hydrogens (tertiary/aromatic N) is 3. The Kier molecular flexibility index (Phi) is 6.41. The van der Waals surface area contributed by atoms with Crippen LogP contribution in [0.15, 0.2) is 36.7 Å². The number of nitrogens with one attached hydrogen (secondary N) is 1. The Balaban J connectivity index is 1.51. The molecule has 3 rings (SSSR count). The van der Waals surface area contributed by atoms with Gasteiger partial charge in [-0.3, -0.25) is 4.79 Å². The van der Waals surface area contributed by atoms with E-state index in [1.54, 1.807) is 19.5 Å². The SMILES string of the molecule is COc1cccc(CCNc2ncc(C(=O)N3CCCCCC3)cn2)c1. The number of hydrogen-bond donors (Lipinski definition) is 1. The van der Waals surface area contributed by atoms with Crippen molar-refractivity contribution in [2.24, 2.45) is 0 Å². The Labute approximate surface area is 154 Å². The highest BCUT2D eigenvalue weighted by Crippen LogP contribution is 2.14. The maximum absolute atomic E-state index is 12.5. The predicted octanol–water partition coefficient (Wildman–Crippen LogP) is 3.16. The van der Waals surface area contributed by atoms with E-state index >= 15 is 0 Å². The average molecular weight is 354 g/mol. The quantitative estimate of drug-likeness (QED) is 0.863. The van der Waals surface area contributed by atoms with Gasteiger partial charge in [-0.2, -0.15) is 0 Å². The summed E-state index contributed by atoms with van der Waals surface area (Å²) >= 11 is 0. The summed E-state index contributed by atoms with van der Waals surface area (Å²) in [5, 5.41) is 3.20. The van der Waals surface area contributed by atoms with Gasteiger partial charge in [-0.25, -0.2) is 9.97 Å². The van der Waals surface area contributed by atoms with Gasteiger partial charge in [0, 0.05) is 32.0 Å². The van der Waals surface area contributed by atoms with E-state index in [1.807, 2.05) is 23.1 Å². The zero-order valence-electron chi connectivity index (χ0n) is 15.3. The molecule has 26 heavy (non-hydrogen) atoms. The van der Waals surface area contributed by atoms with Crippen molar-refractivity contribution >= 4 is 11.9 Å². The molecule has 1 saturated heterocycles. The molecule has 2 heterocycles. The molecular weight excluding hydrogens is 328 g/mol. The Morgan fingerprint density at radius 1 is 1.15 bits per heavy atom. The summed E-state index contributed by atoms with van der Waals surface area (Å²) in [4.78, 5) is 23.0. The van der Waals surface area contributed by atoms with Gasteiger partial charge < -0.3 is 15.0 Å². The molecule has 0 bridgehead atoms. The molecule has 1 N–H and O–H groups in total. The molecular formula is C20H26N4O2. The van der Waals surface area contributed by atoms with Crippen LogP contribution < -0.4 is 10.1 Å². The summed E-state index contributed by atoms with van der Waals surface area (Å²) in [6.45, 7) is 2.38. The highest BCUT2D eigenvalue weighted by atomic mass is 16.5. The van der Waals surface area contributed by atoms with Gasteiger partial charge in [-0.05, 0) is 37.0 Å². The first-order chi connectivity index (χ1) is 12.8. The number of ether oxygens (including phenoxy) is 1. The third kappa shape index (κ3) is 4.94. The standard InChI is InChI=1S/C20H26N4O2/c1-26-18-8-6-7-16(13-18)9-10-21-20-22-14-17(15-23-20)19(25)24-11-4-2-3-5-12-24/h6-8,13-15H,2-5,9-12H2,1H3,(H,21,22,23). The molecule has 0 atom stereocenters. The molecule has 1 aliphatic rings. The zero-order chi connectivity index (χ0) is 18.2. The lowest BCUT2D eigenvalue weighted by atomic mass is 10.1. The lowest BCUT2D eigenvalue weighted by Crippen LogP contribution is -2.32. The predicted molar refractivity (Wildman–Crippen MR) is 102 cm³/mol. The summed E-state index contributed by atoms with van der Waals surface area (Å²) in [6, 6.07) is 7.99. The van der Waals surface area contributed by atoms with E-state index in [2.05, 4.69) is 21.4 Å². The second kappa shape index (κ2) is 9.17. The van der Waals surface area contributed by atoms with Crippen molar-refractivity contribution in [3.63, 3.8) is 0 Å². The van der Waals surface area contributed by atoms with Crippen LogP contribution in [0.3, 0.4) is 0 Å². The highest BCUT2D eigenvalue weighted by molar-refractivity contribution is 5.93. The minimum Gasteiger partial charge on any atom is -0.497 e. The third-order valence-electron chi connectivity index (χ3n) is 4.62. The molecule has 2 aromatic rings. The lowest BCUT2D eigenvalue weighted by Gasteiger charge is -2.19. The van der Waals surface area contributed by atoms with Gasteiger partial charge >= 0.3 is 0 Å². The van der Waals surface area contributed by atoms with E-state index in [1.165, 1.54) is 18.4 Å². The van der Waals surface area contributed by atoms with Crippen molar-refractivity contribution in [2.45, 2.75) is 32.1 Å². The smallest absolute Gasteiger partial charge is 0.256 e. The largest absolute Gasteiger partial charge is 0.497 e. The number of carbonyl (C=O) groups is 1. The fraction of sp³-hybridized carbons (Fsp3) is 0.450. The fourth-order valence-corrected chi connectivity index (χ4v) is 3.13. The third-order valence-corrected chi connectivity index (χ3v) is 4.62. The van der Waals surface area contributed by atoms with E-state index < -0.39 is 0 Å². The van der Waals surface area contributed by atoms with E-state index in [0.29, 0.717) is 18.1 Å². The zero-order valence-corrected chi connectivity index (χ0v) is 15.3. The lowest BCUT2D eigenvalue weighted by molar-refractivity contribution is 0.0761. The van der Waals surface area contributed by atoms with Gasteiger partial charge in [0.1, 0.15) is 5.75 Å². The van der Waals surface area contributed by atoms with E-state index in [-0.39, 0.29) is 5.91 Å². The van der Waals surface area contributed by atoms with Crippen LogP contribution in [0.5, 0.6) is 5.75 Å². The van der Waals surface area contributed by atoms with Crippen LogP contribution in [-0.2, 0) is 6.42 Å². The molecule has 6 heteroatoms. The molecule has 1 aromatic heterocycles. The van der Waals surface area contributed by atoms with E-state index in [9.17, 15) is 4.79 Å². The molecule has 0 saturated carbocycles. The number of amides is 1. The molecule has 138 valence electrons. The second-order valence-electron chi connectivity index (χ2n) is 6.53. The van der Waals surface area contributed by atoms with E-state index in [0.717, 1.165) is 38.1 Å². The van der Waals surface area contributed by atoms with Gasteiger partial charge in [-0.1, -0.05) is 25.0 Å². The summed E-state index contributed by atoms with van der Waals surface area (Å²) < 4.78 is 5.23. The maximum atomic E-state index is 12.5. The number of hydrogen-bond acceptors (Lipinski definition) is 5. The van der Waals surface area contributed by atoms with Gasteiger partial charge in [0.15, 0.2) is 0 Å². The van der Waals surface area contributed by atoms with Gasteiger partial charge in [0.2, 0.25) is 5.95 Å². The van der Waals surface area contributed by atoms with Crippen molar-refractivity contribution in [1.82, 2.24) is 14.9 Å². The maximum Gasteiger partial charge on any atom is 0.256 e. The molecule has 6 nitrogen and oxygen atoms in total. The van der Waals surface area contributed by atoms with Crippen LogP contribution >= 0.6 is 0 Å². The Morgan fingerprint density at radius 3 is 2.58 bits per heavy atom. The number of methoxy groups -OCH3 is 1. The molecule has 1 amide bonds. The Morgan fingerprint density at radius 2 is 1.88 bits per heavy atom. The van der Waals surface area contributed by atoms with Crippen LogP contribution in [0.1, 0.15) is 41.6 Å². The molecule has 0 unspecified atom stereocenters. The molecule has 0 aliphatic carbocycles. The van der Waals surface area contributed by atoms with Gasteiger partial charge in [-0.15, -0.1) is 0 Å². The van der Waals surface area contributed by atoms with E-state index in [4.69, 9.17) is 4.74 Å². The van der Waals surface area contributed by atoms with Gasteiger partial charge in [0.05, 0.1) is 12.7 Å². The van der Waals surface area contributed by atoms with Crippen LogP contribution in [0, 0.1) is 0 Å². The highest BCUT2D eigenvalue weighted by Gasteiger charge is 2.17. The van der Waals surface area contributed by atoms with Crippen LogP contribution in [0.25, 0.3) is 0 Å². The fourth-order valence-electron chi connectivity index (χ4n) is 3.13. The summed E-state index contributed by atoms with van der Waals surface area (Å²) in [5.74, 6) is 1.44. The Bertz CT molecular complexity index is 710. The number of carbonyl (C=O) groups excluding carboxylic acids is 1. The summed E-state index contributed by atoms with van der Waals surface area (Å²) in [7, 11) is 1.67. The molecule has 1 fully saturated rings. The number of likely N-dealkylation sites (tertiary alicyclic amines) is 1. The number of benzene rings is 1. The average Bonchev–Trinajstić information content (AvgIpc) is 2.98. The topological polar surface area (TPSA) is 67.3 Å². The summed E-state index contributed by atoms with van der Waals surface area (Å²) in [6.07, 6.45) is 8.65. The number of rotatable bonds is 6. The first-order valence-electron chi connectivity index (χ1n) is 9.24. The van der Waals surface area contributed by atoms with Crippen molar-refractivity contribution in [2.75, 3.05) is 32.1 Å². The summed E-state index contributed by atoms with van der Waals surface area (Å²) in [5.41, 5.74) is 1.75. The number of aromatic nitrogens is 2. The van der Waals surface area contributed by atoms with Crippen LogP contribution in [0.4, 0.5) is 5.95 Å². The Hall–Kier alpha value is -2.63. The van der Waals surface area contributed by atoms with Crippen molar-refractivity contribution in [1.29, 1.82) is 0 Å². The van der Waals surface area contributed by atoms with Gasteiger partial charge in [0.25, 0.3) is 5.91 Å². The molecule has 1 aromatic carbocycles. The minimum absolute atomic E-state index is 0.0369. The van der Waals surface area contributed by atoms with Crippen LogP contribution in [0.2, 0.25) is 0 Å². The first-order valence-corrected chi connectivity index (χ1v) is 9.24. The van der Waals surface area contributed by atoms with Crippen molar-refractivity contribution < 1.29 is 9.53 Å². The normalized spacial score (nSPS) is 14.6. The van der Waals surface area contributed by atoms with Crippen LogP contribution in [-0.4, -0.2) is 47.5 Å². The number of anilines is 1. The van der Waals surface area contributed by atoms with Crippen molar-refractivity contribution in [3.8, 4) is 5.75 Å². The minimum atomic E-state index is 0.0369. The monoisotopic (exact) mass is 354 g/mol. The molecule has 0 radical (unpaired) electrons. The molecule has 0 spiro atoms. The van der Waals surface area contributed by atoms with Crippen molar-refractivity contribution in [3.05, 3.63) is 47.8 Å².